The van der Waals surface area contributed by atoms with Gasteiger partial charge >= 0.3 is 0 Å². The monoisotopic (exact) mass is 314 g/mol. The summed E-state index contributed by atoms with van der Waals surface area (Å²) in [5.74, 6) is 1.00. The average Bonchev–Trinajstić information content (AvgIpc) is 2.40. The smallest absolute Gasteiger partial charge is 0.242 e. The molecule has 0 aliphatic rings. The Bertz CT molecular complexity index is 556. The third-order valence-corrected chi connectivity index (χ3v) is 4.85. The summed E-state index contributed by atoms with van der Waals surface area (Å²) in [5.41, 5.74) is 0.846. The van der Waals surface area contributed by atoms with Crippen LogP contribution in [0.2, 0.25) is 0 Å². The predicted octanol–water partition coefficient (Wildman–Crippen LogP) is 2.08. The second kappa shape index (κ2) is 7.77. The molecule has 0 heterocycles. The molecule has 0 amide bonds. The highest BCUT2D eigenvalue weighted by atomic mass is 32.2. The molecule has 0 saturated heterocycles. The SMILES string of the molecule is CCOc1ccc(S(=O)(=O)N(C)CC(C)C)cc1CNC. The second-order valence-electron chi connectivity index (χ2n) is 5.41. The van der Waals surface area contributed by atoms with Crippen molar-refractivity contribution in [2.75, 3.05) is 27.2 Å². The summed E-state index contributed by atoms with van der Waals surface area (Å²) in [7, 11) is -0.0207. The lowest BCUT2D eigenvalue weighted by Crippen LogP contribution is -2.30. The summed E-state index contributed by atoms with van der Waals surface area (Å²) < 4.78 is 32.0. The van der Waals surface area contributed by atoms with E-state index in [4.69, 9.17) is 4.74 Å². The van der Waals surface area contributed by atoms with Crippen molar-refractivity contribution in [3.05, 3.63) is 23.8 Å². The van der Waals surface area contributed by atoms with Crippen LogP contribution >= 0.6 is 0 Å². The van der Waals surface area contributed by atoms with Gasteiger partial charge in [0.05, 0.1) is 11.5 Å². The van der Waals surface area contributed by atoms with Crippen LogP contribution in [0, 0.1) is 5.92 Å². The fourth-order valence-electron chi connectivity index (χ4n) is 2.13. The van der Waals surface area contributed by atoms with Crippen molar-refractivity contribution >= 4 is 10.0 Å². The van der Waals surface area contributed by atoms with Crippen molar-refractivity contribution < 1.29 is 13.2 Å². The summed E-state index contributed by atoms with van der Waals surface area (Å²) in [4.78, 5) is 0.305. The van der Waals surface area contributed by atoms with Crippen LogP contribution in [0.5, 0.6) is 5.75 Å². The van der Waals surface area contributed by atoms with Crippen molar-refractivity contribution in [2.24, 2.45) is 5.92 Å². The molecule has 0 bridgehead atoms. The van der Waals surface area contributed by atoms with Gasteiger partial charge in [0.2, 0.25) is 10.0 Å². The van der Waals surface area contributed by atoms with Crippen LogP contribution in [0.4, 0.5) is 0 Å². The van der Waals surface area contributed by atoms with Gasteiger partial charge in [-0.15, -0.1) is 0 Å². The fourth-order valence-corrected chi connectivity index (χ4v) is 3.52. The summed E-state index contributed by atoms with van der Waals surface area (Å²) in [6.45, 7) is 7.51. The van der Waals surface area contributed by atoms with Crippen molar-refractivity contribution in [2.45, 2.75) is 32.2 Å². The van der Waals surface area contributed by atoms with Crippen LogP contribution in [0.25, 0.3) is 0 Å². The first-order chi connectivity index (χ1) is 9.82. The molecule has 0 unspecified atom stereocenters. The number of nitrogens with zero attached hydrogens (tertiary/aromatic N) is 1. The molecule has 1 rings (SSSR count). The zero-order chi connectivity index (χ0) is 16.0. The lowest BCUT2D eigenvalue weighted by atomic mass is 10.2. The molecule has 0 aliphatic carbocycles. The lowest BCUT2D eigenvalue weighted by molar-refractivity contribution is 0.335. The first-order valence-electron chi connectivity index (χ1n) is 7.19. The topological polar surface area (TPSA) is 58.6 Å². The van der Waals surface area contributed by atoms with Gasteiger partial charge in [0, 0.05) is 25.7 Å². The molecule has 0 aliphatic heterocycles. The maximum atomic E-state index is 12.6. The minimum absolute atomic E-state index is 0.282. The van der Waals surface area contributed by atoms with Crippen molar-refractivity contribution in [3.63, 3.8) is 0 Å². The van der Waals surface area contributed by atoms with Gasteiger partial charge in [0.25, 0.3) is 0 Å². The molecule has 120 valence electrons. The third kappa shape index (κ3) is 4.69. The number of benzene rings is 1. The maximum absolute atomic E-state index is 12.6. The van der Waals surface area contributed by atoms with E-state index in [1.54, 1.807) is 25.2 Å². The normalized spacial score (nSPS) is 12.1. The fraction of sp³-hybridized carbons (Fsp3) is 0.600. The highest BCUT2D eigenvalue weighted by Crippen LogP contribution is 2.24. The Balaban J connectivity index is 3.15. The van der Waals surface area contributed by atoms with E-state index in [0.29, 0.717) is 24.6 Å². The summed E-state index contributed by atoms with van der Waals surface area (Å²) in [6, 6.07) is 5.02. The van der Waals surface area contributed by atoms with Gasteiger partial charge in [-0.25, -0.2) is 12.7 Å². The molecule has 1 aromatic carbocycles. The molecule has 0 aromatic heterocycles. The zero-order valence-corrected chi connectivity index (χ0v) is 14.3. The Hall–Kier alpha value is -1.11. The van der Waals surface area contributed by atoms with Gasteiger partial charge in [-0.05, 0) is 38.1 Å². The summed E-state index contributed by atoms with van der Waals surface area (Å²) in [6.07, 6.45) is 0. The highest BCUT2D eigenvalue weighted by molar-refractivity contribution is 7.89. The molecule has 1 aromatic rings. The minimum Gasteiger partial charge on any atom is -0.494 e. The van der Waals surface area contributed by atoms with Crippen LogP contribution in [0.3, 0.4) is 0 Å². The van der Waals surface area contributed by atoms with Crippen LogP contribution in [0.15, 0.2) is 23.1 Å². The van der Waals surface area contributed by atoms with Crippen LogP contribution in [-0.4, -0.2) is 40.0 Å². The van der Waals surface area contributed by atoms with E-state index in [-0.39, 0.29) is 5.92 Å². The van der Waals surface area contributed by atoms with Gasteiger partial charge in [-0.2, -0.15) is 0 Å². The Labute approximate surface area is 128 Å². The molecule has 0 saturated carbocycles. The van der Waals surface area contributed by atoms with Crippen molar-refractivity contribution in [3.8, 4) is 5.75 Å². The van der Waals surface area contributed by atoms with E-state index in [1.807, 2.05) is 27.8 Å². The van der Waals surface area contributed by atoms with Gasteiger partial charge < -0.3 is 10.1 Å². The first-order valence-corrected chi connectivity index (χ1v) is 8.63. The van der Waals surface area contributed by atoms with Crippen LogP contribution < -0.4 is 10.1 Å². The molecular weight excluding hydrogens is 288 g/mol. The predicted molar refractivity (Wildman–Crippen MR) is 85.0 cm³/mol. The van der Waals surface area contributed by atoms with E-state index in [1.165, 1.54) is 4.31 Å². The van der Waals surface area contributed by atoms with Crippen LogP contribution in [0.1, 0.15) is 26.3 Å². The molecule has 21 heavy (non-hydrogen) atoms. The molecule has 1 N–H and O–H groups in total. The number of sulfonamides is 1. The Morgan fingerprint density at radius 2 is 2.00 bits per heavy atom. The minimum atomic E-state index is -3.46. The van der Waals surface area contributed by atoms with E-state index in [2.05, 4.69) is 5.32 Å². The maximum Gasteiger partial charge on any atom is 0.242 e. The van der Waals surface area contributed by atoms with Crippen LogP contribution in [-0.2, 0) is 16.6 Å². The summed E-state index contributed by atoms with van der Waals surface area (Å²) in [5, 5.41) is 3.03. The number of hydrogen-bond acceptors (Lipinski definition) is 4. The lowest BCUT2D eigenvalue weighted by Gasteiger charge is -2.20. The molecular formula is C15H26N2O3S. The molecule has 5 nitrogen and oxygen atoms in total. The zero-order valence-electron chi connectivity index (χ0n) is 13.5. The number of ether oxygens (including phenoxy) is 1. The van der Waals surface area contributed by atoms with E-state index >= 15 is 0 Å². The quantitative estimate of drug-likeness (QED) is 0.798. The average molecular weight is 314 g/mol. The molecule has 0 radical (unpaired) electrons. The highest BCUT2D eigenvalue weighted by Gasteiger charge is 2.22. The van der Waals surface area contributed by atoms with Gasteiger partial charge in [-0.3, -0.25) is 0 Å². The largest absolute Gasteiger partial charge is 0.494 e. The standard InChI is InChI=1S/C15H26N2O3S/c1-6-20-15-8-7-14(9-13(15)10-16-4)21(18,19)17(5)11-12(2)3/h7-9,12,16H,6,10-11H2,1-5H3. The van der Waals surface area contributed by atoms with E-state index < -0.39 is 10.0 Å². The molecule has 0 fully saturated rings. The number of rotatable bonds is 8. The first kappa shape index (κ1) is 17.9. The Kier molecular flexibility index (Phi) is 6.64. The molecule has 0 atom stereocenters. The van der Waals surface area contributed by atoms with Gasteiger partial charge in [0.15, 0.2) is 0 Å². The molecule has 0 spiro atoms. The van der Waals surface area contributed by atoms with Crippen molar-refractivity contribution in [1.82, 2.24) is 9.62 Å². The summed E-state index contributed by atoms with van der Waals surface area (Å²) >= 11 is 0. The van der Waals surface area contributed by atoms with Gasteiger partial charge in [-0.1, -0.05) is 13.8 Å². The van der Waals surface area contributed by atoms with Crippen molar-refractivity contribution in [1.29, 1.82) is 0 Å². The van der Waals surface area contributed by atoms with E-state index in [0.717, 1.165) is 11.3 Å². The Morgan fingerprint density at radius 1 is 1.33 bits per heavy atom. The Morgan fingerprint density at radius 3 is 2.52 bits per heavy atom. The number of hydrogen-bond donors (Lipinski definition) is 1. The molecule has 6 heteroatoms. The third-order valence-electron chi connectivity index (χ3n) is 3.03. The van der Waals surface area contributed by atoms with E-state index in [9.17, 15) is 8.42 Å². The van der Waals surface area contributed by atoms with Gasteiger partial charge in [0.1, 0.15) is 5.75 Å². The number of nitrogens with one attached hydrogen (secondary N) is 1. The second-order valence-corrected chi connectivity index (χ2v) is 7.46.